The van der Waals surface area contributed by atoms with E-state index in [4.69, 9.17) is 9.97 Å². The van der Waals surface area contributed by atoms with E-state index in [0.717, 1.165) is 33.8 Å². The number of hydrogen-bond acceptors (Lipinski definition) is 2. The Bertz CT molecular complexity index is 3560. The lowest BCUT2D eigenvalue weighted by molar-refractivity contribution is 1.16. The number of fused-ring (bicyclic) bond motifs is 7. The van der Waals surface area contributed by atoms with Crippen LogP contribution in [0, 0.1) is 0 Å². The molecule has 0 unspecified atom stereocenters. The molecule has 2 aromatic heterocycles. The van der Waals surface area contributed by atoms with E-state index in [9.17, 15) is 0 Å². The zero-order valence-corrected chi connectivity index (χ0v) is 33.2. The van der Waals surface area contributed by atoms with E-state index < -0.39 is 0 Å². The molecule has 2 heterocycles. The van der Waals surface area contributed by atoms with E-state index in [1.807, 2.05) is 12.1 Å². The van der Waals surface area contributed by atoms with Crippen molar-refractivity contribution in [2.24, 2.45) is 0 Å². The van der Waals surface area contributed by atoms with E-state index in [0.29, 0.717) is 5.82 Å². The highest BCUT2D eigenvalue weighted by Crippen LogP contribution is 2.39. The van der Waals surface area contributed by atoms with Gasteiger partial charge in [-0.1, -0.05) is 164 Å². The molecule has 0 N–H and O–H groups in total. The van der Waals surface area contributed by atoms with Crippen molar-refractivity contribution in [3.63, 3.8) is 0 Å². The molecule has 12 aromatic rings. The van der Waals surface area contributed by atoms with Crippen LogP contribution in [0.25, 0.3) is 116 Å². The van der Waals surface area contributed by atoms with Crippen LogP contribution >= 0.6 is 0 Å². The molecule has 3 heteroatoms. The molecule has 10 aromatic carbocycles. The van der Waals surface area contributed by atoms with E-state index in [-0.39, 0.29) is 0 Å². The Morgan fingerprint density at radius 3 is 1.59 bits per heavy atom. The second-order valence-electron chi connectivity index (χ2n) is 15.8. The Morgan fingerprint density at radius 2 is 0.852 bits per heavy atom. The van der Waals surface area contributed by atoms with Gasteiger partial charge in [-0.3, -0.25) is 0 Å². The van der Waals surface area contributed by atoms with Gasteiger partial charge in [0.2, 0.25) is 0 Å². The first-order valence-electron chi connectivity index (χ1n) is 20.8. The molecule has 0 aliphatic carbocycles. The smallest absolute Gasteiger partial charge is 0.160 e. The predicted octanol–water partition coefficient (Wildman–Crippen LogP) is 15.4. The number of nitrogens with zero attached hydrogens (tertiary/aromatic N) is 3. The summed E-state index contributed by atoms with van der Waals surface area (Å²) in [5.41, 5.74) is 13.3. The zero-order valence-electron chi connectivity index (χ0n) is 33.2. The Hall–Kier alpha value is -8.14. The minimum atomic E-state index is 0.702. The minimum Gasteiger partial charge on any atom is -0.309 e. The summed E-state index contributed by atoms with van der Waals surface area (Å²) in [7, 11) is 0. The first kappa shape index (κ1) is 34.9. The van der Waals surface area contributed by atoms with Crippen molar-refractivity contribution in [3.05, 3.63) is 224 Å². The number of benzene rings is 10. The summed E-state index contributed by atoms with van der Waals surface area (Å²) in [6.45, 7) is 0. The molecule has 0 aliphatic heterocycles. The van der Waals surface area contributed by atoms with Gasteiger partial charge in [0.1, 0.15) is 0 Å². The first-order chi connectivity index (χ1) is 30.2. The molecule has 12 rings (SSSR count). The maximum atomic E-state index is 5.08. The number of rotatable bonds is 6. The van der Waals surface area contributed by atoms with E-state index >= 15 is 0 Å². The van der Waals surface area contributed by atoms with Gasteiger partial charge in [0.25, 0.3) is 0 Å². The van der Waals surface area contributed by atoms with E-state index in [2.05, 4.69) is 217 Å². The maximum absolute atomic E-state index is 5.08. The molecule has 3 nitrogen and oxygen atoms in total. The largest absolute Gasteiger partial charge is 0.309 e. The van der Waals surface area contributed by atoms with Crippen LogP contribution in [0.5, 0.6) is 0 Å². The topological polar surface area (TPSA) is 30.7 Å². The van der Waals surface area contributed by atoms with Crippen molar-refractivity contribution in [2.75, 3.05) is 0 Å². The third-order valence-electron chi connectivity index (χ3n) is 12.2. The van der Waals surface area contributed by atoms with Crippen molar-refractivity contribution in [1.29, 1.82) is 0 Å². The zero-order chi connectivity index (χ0) is 40.3. The van der Waals surface area contributed by atoms with Gasteiger partial charge in [-0.25, -0.2) is 9.97 Å². The molecule has 0 atom stereocenters. The molecule has 0 saturated heterocycles. The summed E-state index contributed by atoms with van der Waals surface area (Å²) in [5, 5.41) is 9.97. The molecule has 284 valence electrons. The van der Waals surface area contributed by atoms with Gasteiger partial charge in [-0.2, -0.15) is 0 Å². The highest BCUT2D eigenvalue weighted by molar-refractivity contribution is 6.21. The minimum absolute atomic E-state index is 0.702. The quantitative estimate of drug-likeness (QED) is 0.168. The van der Waals surface area contributed by atoms with Crippen molar-refractivity contribution in [3.8, 4) is 61.8 Å². The van der Waals surface area contributed by atoms with Gasteiger partial charge in [0.15, 0.2) is 5.82 Å². The van der Waals surface area contributed by atoms with Crippen LogP contribution < -0.4 is 0 Å². The SMILES string of the molecule is c1ccc(-c2cc(-c3ccccc3)nc(-c3ccc(-n4c5ccccc5c5c6ccc(-c7ccc8cc(-c9cccc%10ccccc9%10)ccc8c7)cc6ccc54)cc3)n2)cc1. The lowest BCUT2D eigenvalue weighted by Gasteiger charge is -2.12. The van der Waals surface area contributed by atoms with Gasteiger partial charge in [-0.05, 0) is 115 Å². The number of aromatic nitrogens is 3. The summed E-state index contributed by atoms with van der Waals surface area (Å²) in [6, 6.07) is 80.5. The van der Waals surface area contributed by atoms with Gasteiger partial charge in [-0.15, -0.1) is 0 Å². The third-order valence-corrected chi connectivity index (χ3v) is 12.2. The average Bonchev–Trinajstić information content (AvgIpc) is 3.68. The predicted molar refractivity (Wildman–Crippen MR) is 256 cm³/mol. The fourth-order valence-corrected chi connectivity index (χ4v) is 9.17. The normalized spacial score (nSPS) is 11.6. The molecule has 0 saturated carbocycles. The van der Waals surface area contributed by atoms with Gasteiger partial charge in [0, 0.05) is 33.2 Å². The Labute approximate surface area is 353 Å². The summed E-state index contributed by atoms with van der Waals surface area (Å²) in [5.74, 6) is 0.702. The van der Waals surface area contributed by atoms with Crippen molar-refractivity contribution >= 4 is 54.1 Å². The Kier molecular flexibility index (Phi) is 8.17. The van der Waals surface area contributed by atoms with Gasteiger partial charge in [0.05, 0.1) is 22.4 Å². The summed E-state index contributed by atoms with van der Waals surface area (Å²) in [6.07, 6.45) is 0. The summed E-state index contributed by atoms with van der Waals surface area (Å²) >= 11 is 0. The number of hydrogen-bond donors (Lipinski definition) is 0. The molecular weight excluding hydrogens is 739 g/mol. The molecule has 61 heavy (non-hydrogen) atoms. The Balaban J connectivity index is 0.911. The third kappa shape index (κ3) is 6.06. The fourth-order valence-electron chi connectivity index (χ4n) is 9.17. The van der Waals surface area contributed by atoms with Crippen LogP contribution in [-0.4, -0.2) is 14.5 Å². The van der Waals surface area contributed by atoms with Gasteiger partial charge < -0.3 is 4.57 Å². The summed E-state index contributed by atoms with van der Waals surface area (Å²) < 4.78 is 2.38. The molecule has 0 bridgehead atoms. The highest BCUT2D eigenvalue weighted by atomic mass is 15.0. The number of para-hydroxylation sites is 1. The van der Waals surface area contributed by atoms with Crippen molar-refractivity contribution < 1.29 is 0 Å². The van der Waals surface area contributed by atoms with Crippen molar-refractivity contribution in [2.45, 2.75) is 0 Å². The summed E-state index contributed by atoms with van der Waals surface area (Å²) in [4.78, 5) is 10.2. The van der Waals surface area contributed by atoms with Crippen LogP contribution in [0.3, 0.4) is 0 Å². The molecule has 0 spiro atoms. The lowest BCUT2D eigenvalue weighted by atomic mass is 9.94. The van der Waals surface area contributed by atoms with Crippen LogP contribution in [0.2, 0.25) is 0 Å². The molecule has 0 aliphatic rings. The fraction of sp³-hybridized carbons (Fsp3) is 0. The second kappa shape index (κ2) is 14.3. The standard InChI is InChI=1S/C58H37N3/c1-3-13-39(14-4-1)53-37-54(40-15-5-2-6-16-40)60-58(59-53)41-26-30-48(31-27-41)61-55-21-10-9-19-52(55)57-51-32-28-45(36-47(51)29-33-56(57)61)42-22-23-44-35-46(25-24-43(44)34-42)50-20-11-17-38-12-7-8-18-49(38)50/h1-37H. The Morgan fingerprint density at radius 1 is 0.295 bits per heavy atom. The van der Waals surface area contributed by atoms with E-state index in [1.54, 1.807) is 0 Å². The molecule has 0 amide bonds. The second-order valence-corrected chi connectivity index (χ2v) is 15.8. The van der Waals surface area contributed by atoms with Gasteiger partial charge >= 0.3 is 0 Å². The van der Waals surface area contributed by atoms with Crippen LogP contribution in [0.15, 0.2) is 224 Å². The van der Waals surface area contributed by atoms with Crippen LogP contribution in [0.4, 0.5) is 0 Å². The molecule has 0 radical (unpaired) electrons. The maximum Gasteiger partial charge on any atom is 0.160 e. The lowest BCUT2D eigenvalue weighted by Crippen LogP contribution is -1.97. The highest BCUT2D eigenvalue weighted by Gasteiger charge is 2.17. The monoisotopic (exact) mass is 775 g/mol. The molecular formula is C58H37N3. The average molecular weight is 776 g/mol. The first-order valence-corrected chi connectivity index (χ1v) is 20.8. The van der Waals surface area contributed by atoms with Crippen molar-refractivity contribution in [1.82, 2.24) is 14.5 Å². The van der Waals surface area contributed by atoms with Crippen LogP contribution in [-0.2, 0) is 0 Å². The van der Waals surface area contributed by atoms with E-state index in [1.165, 1.54) is 76.4 Å². The van der Waals surface area contributed by atoms with Crippen LogP contribution in [0.1, 0.15) is 0 Å². The molecule has 0 fully saturated rings.